The van der Waals surface area contributed by atoms with Gasteiger partial charge < -0.3 is 15.4 Å². The van der Waals surface area contributed by atoms with Crippen LogP contribution in [-0.2, 0) is 9.59 Å². The Hall–Kier alpha value is -2.74. The highest BCUT2D eigenvalue weighted by Crippen LogP contribution is 2.25. The Bertz CT molecular complexity index is 814. The van der Waals surface area contributed by atoms with Crippen molar-refractivity contribution in [3.05, 3.63) is 64.6 Å². The molecule has 0 aliphatic rings. The molecule has 27 heavy (non-hydrogen) atoms. The van der Waals surface area contributed by atoms with Crippen LogP contribution in [0.4, 0.5) is 14.5 Å². The summed E-state index contributed by atoms with van der Waals surface area (Å²) < 4.78 is 29.9. The average molecular weight is 439 g/mol. The summed E-state index contributed by atoms with van der Waals surface area (Å²) in [7, 11) is 0. The van der Waals surface area contributed by atoms with Crippen LogP contribution in [0, 0.1) is 0 Å². The van der Waals surface area contributed by atoms with Crippen molar-refractivity contribution < 1.29 is 23.1 Å². The van der Waals surface area contributed by atoms with Crippen molar-refractivity contribution in [2.45, 2.75) is 13.0 Å². The molecule has 0 aromatic heterocycles. The Morgan fingerprint density at radius 2 is 1.89 bits per heavy atom. The topological polar surface area (TPSA) is 67.4 Å². The second kappa shape index (κ2) is 10.4. The first-order valence-corrected chi connectivity index (χ1v) is 8.78. The Balaban J connectivity index is 1.83. The number of halogens is 3. The van der Waals surface area contributed by atoms with Crippen molar-refractivity contribution in [2.75, 3.05) is 11.9 Å². The maximum atomic E-state index is 12.4. The third-order valence-corrected chi connectivity index (χ3v) is 3.80. The lowest BCUT2D eigenvalue weighted by atomic mass is 10.2. The fourth-order valence-electron chi connectivity index (χ4n) is 2.12. The van der Waals surface area contributed by atoms with E-state index >= 15 is 0 Å². The molecule has 0 aliphatic carbocycles. The third-order valence-electron chi connectivity index (χ3n) is 3.31. The lowest BCUT2D eigenvalue weighted by molar-refractivity contribution is -0.117. The molecular formula is C19H17BrF2N2O3. The summed E-state index contributed by atoms with van der Waals surface area (Å²) in [5, 5.41) is 5.26. The number of benzene rings is 2. The molecule has 0 aliphatic heterocycles. The number of carbonyl (C=O) groups excluding carboxylic acids is 2. The van der Waals surface area contributed by atoms with Crippen LogP contribution in [0.2, 0.25) is 0 Å². The predicted molar refractivity (Wildman–Crippen MR) is 103 cm³/mol. The first kappa shape index (κ1) is 20.6. The summed E-state index contributed by atoms with van der Waals surface area (Å²) >= 11 is 3.23. The van der Waals surface area contributed by atoms with Gasteiger partial charge in [-0.05, 0) is 36.4 Å². The number of rotatable bonds is 8. The standard InChI is InChI=1S/C19H17BrF2N2O3/c20-14-7-8-16(27-19(21)22)13(12-14)6-9-17(25)23-11-10-18(26)24-15-4-2-1-3-5-15/h1-9,12,19H,10-11H2,(H,23,25)(H,24,26)/b9-6+. The first-order valence-electron chi connectivity index (χ1n) is 7.99. The zero-order chi connectivity index (χ0) is 19.6. The molecule has 5 nitrogen and oxygen atoms in total. The molecular weight excluding hydrogens is 422 g/mol. The Labute approximate surface area is 163 Å². The molecule has 2 aromatic rings. The van der Waals surface area contributed by atoms with Crippen LogP contribution >= 0.6 is 15.9 Å². The molecule has 0 fully saturated rings. The van der Waals surface area contributed by atoms with E-state index in [9.17, 15) is 18.4 Å². The quantitative estimate of drug-likeness (QED) is 0.606. The van der Waals surface area contributed by atoms with Crippen LogP contribution in [-0.4, -0.2) is 25.0 Å². The lowest BCUT2D eigenvalue weighted by Crippen LogP contribution is -2.26. The van der Waals surface area contributed by atoms with E-state index in [1.54, 1.807) is 36.4 Å². The molecule has 8 heteroatoms. The van der Waals surface area contributed by atoms with Gasteiger partial charge in [0.2, 0.25) is 11.8 Å². The number of nitrogens with one attached hydrogen (secondary N) is 2. The number of alkyl halides is 2. The molecule has 0 atom stereocenters. The molecule has 2 aromatic carbocycles. The molecule has 0 unspecified atom stereocenters. The van der Waals surface area contributed by atoms with E-state index < -0.39 is 12.5 Å². The third kappa shape index (κ3) is 7.57. The normalized spacial score (nSPS) is 10.8. The van der Waals surface area contributed by atoms with Gasteiger partial charge in [0.1, 0.15) is 5.75 Å². The van der Waals surface area contributed by atoms with Crippen molar-refractivity contribution >= 4 is 39.5 Å². The maximum Gasteiger partial charge on any atom is 0.387 e. The Morgan fingerprint density at radius 1 is 1.15 bits per heavy atom. The highest BCUT2D eigenvalue weighted by Gasteiger charge is 2.09. The van der Waals surface area contributed by atoms with Gasteiger partial charge in [0, 0.05) is 34.8 Å². The van der Waals surface area contributed by atoms with Gasteiger partial charge in [0.15, 0.2) is 0 Å². The zero-order valence-electron chi connectivity index (χ0n) is 14.1. The number of anilines is 1. The molecule has 0 saturated heterocycles. The van der Waals surface area contributed by atoms with E-state index in [0.717, 1.165) is 0 Å². The van der Waals surface area contributed by atoms with Gasteiger partial charge in [0.25, 0.3) is 0 Å². The van der Waals surface area contributed by atoms with Crippen LogP contribution < -0.4 is 15.4 Å². The molecule has 0 heterocycles. The number of ether oxygens (including phenoxy) is 1. The average Bonchev–Trinajstić information content (AvgIpc) is 2.62. The monoisotopic (exact) mass is 438 g/mol. The van der Waals surface area contributed by atoms with Crippen LogP contribution in [0.5, 0.6) is 5.75 Å². The minimum Gasteiger partial charge on any atom is -0.434 e. The van der Waals surface area contributed by atoms with E-state index in [-0.39, 0.29) is 24.6 Å². The van der Waals surface area contributed by atoms with Gasteiger partial charge in [-0.3, -0.25) is 9.59 Å². The smallest absolute Gasteiger partial charge is 0.387 e. The van der Waals surface area contributed by atoms with Gasteiger partial charge in [-0.1, -0.05) is 34.1 Å². The molecule has 0 bridgehead atoms. The molecule has 2 rings (SSSR count). The molecule has 0 spiro atoms. The Kier molecular flexibility index (Phi) is 7.94. The highest BCUT2D eigenvalue weighted by atomic mass is 79.9. The summed E-state index contributed by atoms with van der Waals surface area (Å²) in [6, 6.07) is 13.4. The first-order chi connectivity index (χ1) is 12.9. The SMILES string of the molecule is O=C(/C=C/c1cc(Br)ccc1OC(F)F)NCCC(=O)Nc1ccccc1. The summed E-state index contributed by atoms with van der Waals surface area (Å²) in [5.74, 6) is -0.727. The fraction of sp³-hybridized carbons (Fsp3) is 0.158. The second-order valence-electron chi connectivity index (χ2n) is 5.35. The van der Waals surface area contributed by atoms with Crippen molar-refractivity contribution in [3.8, 4) is 5.75 Å². The van der Waals surface area contributed by atoms with Crippen molar-refractivity contribution in [3.63, 3.8) is 0 Å². The number of hydrogen-bond acceptors (Lipinski definition) is 3. The van der Waals surface area contributed by atoms with E-state index in [1.807, 2.05) is 6.07 Å². The van der Waals surface area contributed by atoms with E-state index in [2.05, 4.69) is 31.3 Å². The zero-order valence-corrected chi connectivity index (χ0v) is 15.7. The molecule has 142 valence electrons. The van der Waals surface area contributed by atoms with Gasteiger partial charge >= 0.3 is 6.61 Å². The molecule has 2 amide bonds. The maximum absolute atomic E-state index is 12.4. The highest BCUT2D eigenvalue weighted by molar-refractivity contribution is 9.10. The summed E-state index contributed by atoms with van der Waals surface area (Å²) in [4.78, 5) is 23.6. The Morgan fingerprint density at radius 3 is 2.59 bits per heavy atom. The number of hydrogen-bond donors (Lipinski definition) is 2. The van der Waals surface area contributed by atoms with Crippen LogP contribution in [0.1, 0.15) is 12.0 Å². The van der Waals surface area contributed by atoms with Gasteiger partial charge in [-0.15, -0.1) is 0 Å². The van der Waals surface area contributed by atoms with Gasteiger partial charge in [-0.25, -0.2) is 0 Å². The van der Waals surface area contributed by atoms with Crippen molar-refractivity contribution in [1.82, 2.24) is 5.32 Å². The predicted octanol–water partition coefficient (Wildman–Crippen LogP) is 4.21. The van der Waals surface area contributed by atoms with Gasteiger partial charge in [0.05, 0.1) is 0 Å². The second-order valence-corrected chi connectivity index (χ2v) is 6.26. The molecule has 0 saturated carbocycles. The number of carbonyl (C=O) groups is 2. The van der Waals surface area contributed by atoms with E-state index in [1.165, 1.54) is 18.2 Å². The van der Waals surface area contributed by atoms with Crippen molar-refractivity contribution in [2.24, 2.45) is 0 Å². The van der Waals surface area contributed by atoms with Crippen LogP contribution in [0.25, 0.3) is 6.08 Å². The number of para-hydroxylation sites is 1. The van der Waals surface area contributed by atoms with Crippen LogP contribution in [0.3, 0.4) is 0 Å². The van der Waals surface area contributed by atoms with E-state index in [4.69, 9.17) is 0 Å². The minimum atomic E-state index is -2.96. The summed E-state index contributed by atoms with van der Waals surface area (Å²) in [5.41, 5.74) is 0.997. The van der Waals surface area contributed by atoms with E-state index in [0.29, 0.717) is 15.7 Å². The van der Waals surface area contributed by atoms with Gasteiger partial charge in [-0.2, -0.15) is 8.78 Å². The van der Waals surface area contributed by atoms with Crippen LogP contribution in [0.15, 0.2) is 59.1 Å². The molecule has 2 N–H and O–H groups in total. The molecule has 0 radical (unpaired) electrons. The largest absolute Gasteiger partial charge is 0.434 e. The lowest BCUT2D eigenvalue weighted by Gasteiger charge is -2.08. The minimum absolute atomic E-state index is 0.0421. The summed E-state index contributed by atoms with van der Waals surface area (Å²) in [6.07, 6.45) is 2.65. The number of amides is 2. The summed E-state index contributed by atoms with van der Waals surface area (Å²) in [6.45, 7) is -2.82. The van der Waals surface area contributed by atoms with Crippen molar-refractivity contribution in [1.29, 1.82) is 0 Å². The fourth-order valence-corrected chi connectivity index (χ4v) is 2.50.